The van der Waals surface area contributed by atoms with Crippen molar-refractivity contribution in [2.45, 2.75) is 64.9 Å². The van der Waals surface area contributed by atoms with Crippen LogP contribution in [-0.2, 0) is 14.3 Å². The van der Waals surface area contributed by atoms with Crippen molar-refractivity contribution in [2.24, 2.45) is 23.2 Å². The van der Waals surface area contributed by atoms with E-state index in [4.69, 9.17) is 9.53 Å². The predicted molar refractivity (Wildman–Crippen MR) is 82.7 cm³/mol. The van der Waals surface area contributed by atoms with E-state index in [0.717, 1.165) is 37.0 Å². The number of aldehydes is 1. The second kappa shape index (κ2) is 5.94. The average molecular weight is 292 g/mol. The number of hydrogen-bond acceptors (Lipinski definition) is 3. The van der Waals surface area contributed by atoms with Crippen LogP contribution in [0.5, 0.6) is 0 Å². The van der Waals surface area contributed by atoms with Gasteiger partial charge in [0.15, 0.2) is 0 Å². The lowest BCUT2D eigenvalue weighted by Crippen LogP contribution is -2.51. The molecule has 0 unspecified atom stereocenters. The molecule has 0 spiro atoms. The van der Waals surface area contributed by atoms with E-state index in [9.17, 15) is 4.79 Å². The molecule has 0 aliphatic heterocycles. The molecule has 0 aromatic rings. The summed E-state index contributed by atoms with van der Waals surface area (Å²) in [5, 5.41) is 0. The predicted octanol–water partition coefficient (Wildman–Crippen LogP) is 3.92. The van der Waals surface area contributed by atoms with Gasteiger partial charge in [0.2, 0.25) is 0 Å². The van der Waals surface area contributed by atoms with Gasteiger partial charge in [-0.1, -0.05) is 6.58 Å². The van der Waals surface area contributed by atoms with Gasteiger partial charge < -0.3 is 4.74 Å². The number of ether oxygens (including phenoxy) is 1. The summed E-state index contributed by atoms with van der Waals surface area (Å²) in [6.45, 7) is 9.04. The van der Waals surface area contributed by atoms with E-state index >= 15 is 0 Å². The third kappa shape index (κ3) is 3.75. The molecule has 0 saturated heterocycles. The summed E-state index contributed by atoms with van der Waals surface area (Å²) >= 11 is 0. The maximum Gasteiger partial charge on any atom is 0.312 e. The Kier molecular flexibility index (Phi) is 4.60. The molecular weight excluding hydrogens is 264 g/mol. The van der Waals surface area contributed by atoms with Crippen LogP contribution in [-0.4, -0.2) is 17.9 Å². The zero-order valence-electron chi connectivity index (χ0n) is 13.6. The Morgan fingerprint density at radius 1 is 1.10 bits per heavy atom. The Labute approximate surface area is 128 Å². The van der Waals surface area contributed by atoms with E-state index in [1.54, 1.807) is 0 Å². The molecule has 4 aliphatic carbocycles. The molecule has 4 saturated carbocycles. The minimum Gasteiger partial charge on any atom is -0.460 e. The zero-order chi connectivity index (χ0) is 15.7. The summed E-state index contributed by atoms with van der Waals surface area (Å²) in [7, 11) is 0. The highest BCUT2D eigenvalue weighted by molar-refractivity contribution is 5.78. The van der Waals surface area contributed by atoms with Crippen molar-refractivity contribution in [3.8, 4) is 0 Å². The SMILES string of the molecule is C=CC=O.CC(C)(C)OC(=O)C12CC3CC(CC(C3)C1)C2. The third-order valence-corrected chi connectivity index (χ3v) is 4.97. The second-order valence-electron chi connectivity index (χ2n) is 8.07. The summed E-state index contributed by atoms with van der Waals surface area (Å²) in [5.41, 5.74) is -0.428. The van der Waals surface area contributed by atoms with Crippen molar-refractivity contribution >= 4 is 12.3 Å². The number of esters is 1. The minimum atomic E-state index is -0.333. The van der Waals surface area contributed by atoms with Gasteiger partial charge in [-0.3, -0.25) is 9.59 Å². The van der Waals surface area contributed by atoms with Crippen LogP contribution in [0.2, 0.25) is 0 Å². The highest BCUT2D eigenvalue weighted by atomic mass is 16.6. The van der Waals surface area contributed by atoms with Crippen molar-refractivity contribution in [2.75, 3.05) is 0 Å². The maximum absolute atomic E-state index is 12.5. The topological polar surface area (TPSA) is 43.4 Å². The minimum absolute atomic E-state index is 0.0952. The third-order valence-electron chi connectivity index (χ3n) is 4.97. The Morgan fingerprint density at radius 2 is 1.48 bits per heavy atom. The Morgan fingerprint density at radius 3 is 1.76 bits per heavy atom. The van der Waals surface area contributed by atoms with Gasteiger partial charge >= 0.3 is 5.97 Å². The van der Waals surface area contributed by atoms with Crippen LogP contribution < -0.4 is 0 Å². The van der Waals surface area contributed by atoms with E-state index in [1.165, 1.54) is 25.3 Å². The first-order chi connectivity index (χ1) is 9.78. The van der Waals surface area contributed by atoms with E-state index < -0.39 is 0 Å². The summed E-state index contributed by atoms with van der Waals surface area (Å²) < 4.78 is 5.68. The number of carbonyl (C=O) groups is 2. The van der Waals surface area contributed by atoms with E-state index in [1.807, 2.05) is 20.8 Å². The molecule has 0 radical (unpaired) electrons. The van der Waals surface area contributed by atoms with E-state index in [0.29, 0.717) is 6.29 Å². The average Bonchev–Trinajstić information content (AvgIpc) is 2.35. The summed E-state index contributed by atoms with van der Waals surface area (Å²) in [6, 6.07) is 0. The molecular formula is C18H28O3. The molecule has 0 aromatic carbocycles. The van der Waals surface area contributed by atoms with Gasteiger partial charge in [-0.25, -0.2) is 0 Å². The highest BCUT2D eigenvalue weighted by Gasteiger charge is 2.55. The van der Waals surface area contributed by atoms with Gasteiger partial charge in [0.25, 0.3) is 0 Å². The molecule has 3 heteroatoms. The van der Waals surface area contributed by atoms with E-state index in [-0.39, 0.29) is 17.0 Å². The molecule has 0 atom stereocenters. The van der Waals surface area contributed by atoms with Crippen molar-refractivity contribution < 1.29 is 14.3 Å². The summed E-state index contributed by atoms with van der Waals surface area (Å²) in [6.07, 6.45) is 9.28. The van der Waals surface area contributed by atoms with Crippen molar-refractivity contribution in [1.29, 1.82) is 0 Å². The summed E-state index contributed by atoms with van der Waals surface area (Å²) in [5.74, 6) is 2.54. The number of rotatable bonds is 2. The molecule has 0 N–H and O–H groups in total. The van der Waals surface area contributed by atoms with E-state index in [2.05, 4.69) is 6.58 Å². The van der Waals surface area contributed by atoms with Crippen LogP contribution in [0.1, 0.15) is 59.3 Å². The monoisotopic (exact) mass is 292 g/mol. The molecule has 118 valence electrons. The lowest BCUT2D eigenvalue weighted by molar-refractivity contribution is -0.182. The number of allylic oxidation sites excluding steroid dienone is 1. The van der Waals surface area contributed by atoms with Gasteiger partial charge in [-0.2, -0.15) is 0 Å². The Hall–Kier alpha value is -1.12. The first-order valence-electron chi connectivity index (χ1n) is 8.07. The molecule has 0 amide bonds. The smallest absolute Gasteiger partial charge is 0.312 e. The van der Waals surface area contributed by atoms with Gasteiger partial charge in [-0.05, 0) is 83.1 Å². The second-order valence-corrected chi connectivity index (χ2v) is 8.07. The molecule has 4 fully saturated rings. The van der Waals surface area contributed by atoms with Gasteiger partial charge in [0.1, 0.15) is 11.9 Å². The Bertz CT molecular complexity index is 375. The first kappa shape index (κ1) is 16.3. The van der Waals surface area contributed by atoms with Crippen LogP contribution in [0.15, 0.2) is 12.7 Å². The van der Waals surface area contributed by atoms with Gasteiger partial charge in [0.05, 0.1) is 5.41 Å². The normalized spacial score (nSPS) is 36.4. The quantitative estimate of drug-likeness (QED) is 0.440. The number of hydrogen-bond donors (Lipinski definition) is 0. The van der Waals surface area contributed by atoms with Gasteiger partial charge in [-0.15, -0.1) is 0 Å². The van der Waals surface area contributed by atoms with Crippen molar-refractivity contribution in [3.63, 3.8) is 0 Å². The fourth-order valence-corrected chi connectivity index (χ4v) is 4.75. The van der Waals surface area contributed by atoms with Crippen LogP contribution in [0.4, 0.5) is 0 Å². The molecule has 4 aliphatic rings. The van der Waals surface area contributed by atoms with Crippen LogP contribution in [0.25, 0.3) is 0 Å². The largest absolute Gasteiger partial charge is 0.460 e. The molecule has 4 rings (SSSR count). The summed E-state index contributed by atoms with van der Waals surface area (Å²) in [4.78, 5) is 21.5. The fourth-order valence-electron chi connectivity index (χ4n) is 4.75. The lowest BCUT2D eigenvalue weighted by atomic mass is 9.49. The van der Waals surface area contributed by atoms with Crippen molar-refractivity contribution in [1.82, 2.24) is 0 Å². The maximum atomic E-state index is 12.5. The molecule has 4 bridgehead atoms. The molecule has 0 heterocycles. The van der Waals surface area contributed by atoms with Crippen LogP contribution in [0.3, 0.4) is 0 Å². The molecule has 3 nitrogen and oxygen atoms in total. The molecule has 21 heavy (non-hydrogen) atoms. The first-order valence-corrected chi connectivity index (χ1v) is 8.07. The van der Waals surface area contributed by atoms with Crippen LogP contribution in [0, 0.1) is 23.2 Å². The Balaban J connectivity index is 0.000000361. The highest BCUT2D eigenvalue weighted by Crippen LogP contribution is 2.60. The van der Waals surface area contributed by atoms with Crippen LogP contribution >= 0.6 is 0 Å². The zero-order valence-corrected chi connectivity index (χ0v) is 13.6. The lowest BCUT2D eigenvalue weighted by Gasteiger charge is -2.55. The number of carbonyl (C=O) groups excluding carboxylic acids is 2. The standard InChI is InChI=1S/C15H24O2.C3H4O/c1-14(2,3)17-13(16)15-7-10-4-11(8-15)6-12(5-10)9-15;1-2-3-4/h10-12H,4-9H2,1-3H3;2-3H,1H2. The van der Waals surface area contributed by atoms with Crippen molar-refractivity contribution in [3.05, 3.63) is 12.7 Å². The molecule has 0 aromatic heterocycles. The van der Waals surface area contributed by atoms with Gasteiger partial charge in [0, 0.05) is 0 Å². The fraction of sp³-hybridized carbons (Fsp3) is 0.778.